The first-order valence-corrected chi connectivity index (χ1v) is 3.63. The highest BCUT2D eigenvalue weighted by molar-refractivity contribution is 5.24. The highest BCUT2D eigenvalue weighted by Crippen LogP contribution is 2.32. The minimum atomic E-state index is -4.51. The number of hydrogen-bond donors (Lipinski definition) is 1. The number of nitrogens with zero attached hydrogens (tertiary/aromatic N) is 1. The molecule has 0 aliphatic rings. The summed E-state index contributed by atoms with van der Waals surface area (Å²) in [5.41, 5.74) is -1.22. The maximum Gasteiger partial charge on any atom is 0.433 e. The number of halogens is 3. The largest absolute Gasteiger partial charge is 0.433 e. The van der Waals surface area contributed by atoms with Gasteiger partial charge in [-0.05, 0) is 13.0 Å². The molecular weight excluding hydrogens is 183 g/mol. The van der Waals surface area contributed by atoms with Gasteiger partial charge in [0, 0.05) is 11.8 Å². The van der Waals surface area contributed by atoms with Gasteiger partial charge in [-0.15, -0.1) is 0 Å². The lowest BCUT2D eigenvalue weighted by atomic mass is 10.1. The molecular formula is C8H8F3NO. The number of hydrogen-bond acceptors (Lipinski definition) is 2. The van der Waals surface area contributed by atoms with Gasteiger partial charge in [-0.2, -0.15) is 13.2 Å². The molecule has 1 heterocycles. The molecule has 13 heavy (non-hydrogen) atoms. The number of aliphatic hydroxyl groups excluding tert-OH is 1. The van der Waals surface area contributed by atoms with E-state index in [4.69, 9.17) is 5.11 Å². The van der Waals surface area contributed by atoms with E-state index < -0.39 is 18.0 Å². The third kappa shape index (κ3) is 2.18. The van der Waals surface area contributed by atoms with Crippen molar-refractivity contribution in [3.8, 4) is 0 Å². The maximum atomic E-state index is 12.2. The molecule has 0 radical (unpaired) electrons. The van der Waals surface area contributed by atoms with Gasteiger partial charge in [-0.1, -0.05) is 6.07 Å². The van der Waals surface area contributed by atoms with Gasteiger partial charge >= 0.3 is 6.18 Å². The summed E-state index contributed by atoms with van der Waals surface area (Å²) in [6, 6.07) is 2.57. The Labute approximate surface area is 73.0 Å². The van der Waals surface area contributed by atoms with Crippen LogP contribution in [0.4, 0.5) is 13.2 Å². The lowest BCUT2D eigenvalue weighted by Gasteiger charge is -2.12. The van der Waals surface area contributed by atoms with Crippen LogP contribution >= 0.6 is 0 Å². The molecule has 1 N–H and O–H groups in total. The second-order valence-corrected chi connectivity index (χ2v) is 2.61. The fourth-order valence-electron chi connectivity index (χ4n) is 0.992. The summed E-state index contributed by atoms with van der Waals surface area (Å²) in [4.78, 5) is 3.19. The highest BCUT2D eigenvalue weighted by atomic mass is 19.4. The average molecular weight is 191 g/mol. The summed E-state index contributed by atoms with van der Waals surface area (Å²) in [6.45, 7) is 1.27. The van der Waals surface area contributed by atoms with Gasteiger partial charge in [-0.25, -0.2) is 0 Å². The molecule has 1 unspecified atom stereocenters. The Bertz CT molecular complexity index is 296. The van der Waals surface area contributed by atoms with E-state index in [1.807, 2.05) is 0 Å². The number of pyridine rings is 1. The zero-order valence-electron chi connectivity index (χ0n) is 6.84. The van der Waals surface area contributed by atoms with Crippen LogP contribution in [-0.2, 0) is 6.18 Å². The number of alkyl halides is 3. The van der Waals surface area contributed by atoms with E-state index in [1.54, 1.807) is 0 Å². The first kappa shape index (κ1) is 9.98. The molecule has 0 aromatic carbocycles. The van der Waals surface area contributed by atoms with Crippen molar-refractivity contribution in [3.05, 3.63) is 29.6 Å². The quantitative estimate of drug-likeness (QED) is 0.737. The highest BCUT2D eigenvalue weighted by Gasteiger charge is 2.35. The van der Waals surface area contributed by atoms with E-state index in [1.165, 1.54) is 19.1 Å². The molecule has 1 atom stereocenters. The molecule has 0 amide bonds. The van der Waals surface area contributed by atoms with Gasteiger partial charge in [0.1, 0.15) is 5.69 Å². The molecule has 0 aliphatic carbocycles. The molecule has 5 heteroatoms. The lowest BCUT2D eigenvalue weighted by molar-refractivity contribution is -0.142. The van der Waals surface area contributed by atoms with Crippen molar-refractivity contribution >= 4 is 0 Å². The van der Waals surface area contributed by atoms with Crippen LogP contribution in [0.2, 0.25) is 0 Å². The first-order chi connectivity index (χ1) is 5.93. The van der Waals surface area contributed by atoms with Crippen molar-refractivity contribution in [3.63, 3.8) is 0 Å². The van der Waals surface area contributed by atoms with E-state index in [9.17, 15) is 13.2 Å². The standard InChI is InChI=1S/C8H8F3NO/c1-5(13)6-3-2-4-12-7(6)8(9,10)11/h2-5,13H,1H3. The zero-order valence-corrected chi connectivity index (χ0v) is 6.84. The number of aliphatic hydroxyl groups is 1. The SMILES string of the molecule is CC(O)c1cccnc1C(F)(F)F. The van der Waals surface area contributed by atoms with E-state index in [-0.39, 0.29) is 5.56 Å². The lowest BCUT2D eigenvalue weighted by Crippen LogP contribution is -2.13. The molecule has 0 bridgehead atoms. The normalized spacial score (nSPS) is 14.2. The molecule has 2 nitrogen and oxygen atoms in total. The Morgan fingerprint density at radius 3 is 2.46 bits per heavy atom. The van der Waals surface area contributed by atoms with E-state index >= 15 is 0 Å². The van der Waals surface area contributed by atoms with E-state index in [0.29, 0.717) is 0 Å². The van der Waals surface area contributed by atoms with Crippen LogP contribution in [0, 0.1) is 0 Å². The van der Waals surface area contributed by atoms with Crippen LogP contribution in [0.1, 0.15) is 24.3 Å². The average Bonchev–Trinajstić information content (AvgIpc) is 2.03. The van der Waals surface area contributed by atoms with Crippen LogP contribution in [0.25, 0.3) is 0 Å². The Kier molecular flexibility index (Phi) is 2.56. The van der Waals surface area contributed by atoms with Gasteiger partial charge in [-0.3, -0.25) is 4.98 Å². The fourth-order valence-corrected chi connectivity index (χ4v) is 0.992. The van der Waals surface area contributed by atoms with E-state index in [0.717, 1.165) is 6.20 Å². The molecule has 72 valence electrons. The van der Waals surface area contributed by atoms with Crippen LogP contribution in [0.5, 0.6) is 0 Å². The fraction of sp³-hybridized carbons (Fsp3) is 0.375. The van der Waals surface area contributed by atoms with Gasteiger partial charge in [0.15, 0.2) is 0 Å². The molecule has 0 fully saturated rings. The topological polar surface area (TPSA) is 33.1 Å². The van der Waals surface area contributed by atoms with Crippen LogP contribution in [-0.4, -0.2) is 10.1 Å². The monoisotopic (exact) mass is 191 g/mol. The second-order valence-electron chi connectivity index (χ2n) is 2.61. The van der Waals surface area contributed by atoms with Crippen LogP contribution in [0.15, 0.2) is 18.3 Å². The summed E-state index contributed by atoms with van der Waals surface area (Å²) in [7, 11) is 0. The minimum Gasteiger partial charge on any atom is -0.389 e. The summed E-state index contributed by atoms with van der Waals surface area (Å²) < 4.78 is 36.7. The molecule has 0 spiro atoms. The smallest absolute Gasteiger partial charge is 0.389 e. The van der Waals surface area contributed by atoms with E-state index in [2.05, 4.69) is 4.98 Å². The Morgan fingerprint density at radius 1 is 1.46 bits per heavy atom. The maximum absolute atomic E-state index is 12.2. The van der Waals surface area contributed by atoms with Gasteiger partial charge in [0.25, 0.3) is 0 Å². The van der Waals surface area contributed by atoms with Gasteiger partial charge in [0.2, 0.25) is 0 Å². The molecule has 0 saturated carbocycles. The molecule has 1 aromatic heterocycles. The Hall–Kier alpha value is -1.10. The summed E-state index contributed by atoms with van der Waals surface area (Å²) in [5, 5.41) is 9.03. The molecule has 1 rings (SSSR count). The predicted molar refractivity (Wildman–Crippen MR) is 39.9 cm³/mol. The van der Waals surface area contributed by atoms with Crippen molar-refractivity contribution in [1.29, 1.82) is 0 Å². The van der Waals surface area contributed by atoms with Crippen LogP contribution < -0.4 is 0 Å². The molecule has 1 aromatic rings. The van der Waals surface area contributed by atoms with Crippen molar-refractivity contribution in [2.75, 3.05) is 0 Å². The van der Waals surface area contributed by atoms with Crippen LogP contribution in [0.3, 0.4) is 0 Å². The number of aromatic nitrogens is 1. The Balaban J connectivity index is 3.20. The summed E-state index contributed by atoms with van der Waals surface area (Å²) in [5.74, 6) is 0. The minimum absolute atomic E-state index is 0.199. The predicted octanol–water partition coefficient (Wildman–Crippen LogP) is 2.15. The third-order valence-electron chi connectivity index (χ3n) is 1.56. The van der Waals surface area contributed by atoms with Crippen molar-refractivity contribution in [2.24, 2.45) is 0 Å². The van der Waals surface area contributed by atoms with Crippen molar-refractivity contribution < 1.29 is 18.3 Å². The zero-order chi connectivity index (χ0) is 10.1. The number of rotatable bonds is 1. The van der Waals surface area contributed by atoms with Gasteiger partial charge in [0.05, 0.1) is 6.10 Å². The second kappa shape index (κ2) is 3.33. The van der Waals surface area contributed by atoms with Crippen molar-refractivity contribution in [2.45, 2.75) is 19.2 Å². The van der Waals surface area contributed by atoms with Gasteiger partial charge < -0.3 is 5.11 Å². The third-order valence-corrected chi connectivity index (χ3v) is 1.56. The first-order valence-electron chi connectivity index (χ1n) is 3.63. The Morgan fingerprint density at radius 2 is 2.08 bits per heavy atom. The van der Waals surface area contributed by atoms with Crippen molar-refractivity contribution in [1.82, 2.24) is 4.98 Å². The molecule has 0 saturated heterocycles. The molecule has 0 aliphatic heterocycles. The summed E-state index contributed by atoms with van der Waals surface area (Å²) in [6.07, 6.45) is -4.62. The summed E-state index contributed by atoms with van der Waals surface area (Å²) >= 11 is 0.